The summed E-state index contributed by atoms with van der Waals surface area (Å²) in [4.78, 5) is -0.105. The van der Waals surface area contributed by atoms with Crippen LogP contribution in [0.4, 0.5) is 0 Å². The highest BCUT2D eigenvalue weighted by Crippen LogP contribution is 2.28. The molecule has 0 spiro atoms. The number of rotatable bonds is 5. The van der Waals surface area contributed by atoms with Gasteiger partial charge < -0.3 is 4.74 Å². The van der Waals surface area contributed by atoms with Crippen LogP contribution < -0.4 is 4.72 Å². The molecule has 0 aromatic heterocycles. The van der Waals surface area contributed by atoms with Gasteiger partial charge in [0.05, 0.1) is 16.7 Å². The van der Waals surface area contributed by atoms with Gasteiger partial charge in [0.1, 0.15) is 4.90 Å². The molecule has 0 radical (unpaired) electrons. The summed E-state index contributed by atoms with van der Waals surface area (Å²) in [5.74, 6) is 0. The fraction of sp³-hybridized carbons (Fsp3) is 0.400. The van der Waals surface area contributed by atoms with Crippen molar-refractivity contribution in [1.82, 2.24) is 4.72 Å². The smallest absolute Gasteiger partial charge is 0.243 e. The minimum absolute atomic E-state index is 0.0922. The minimum Gasteiger partial charge on any atom is -0.383 e. The van der Waals surface area contributed by atoms with Crippen LogP contribution in [-0.2, 0) is 14.8 Å². The highest BCUT2D eigenvalue weighted by Gasteiger charge is 2.23. The zero-order valence-corrected chi connectivity index (χ0v) is 11.7. The standard InChI is InChI=1S/C10H13Cl2NO3S/c1-7(6-16-2)13-17(14,15)10-8(11)4-3-5-9(10)12/h3-5,7,13H,6H2,1-2H3/t7-/m0/s1. The molecule has 0 unspecified atom stereocenters. The van der Waals surface area contributed by atoms with E-state index in [9.17, 15) is 8.42 Å². The molecular formula is C10H13Cl2NO3S. The van der Waals surface area contributed by atoms with Gasteiger partial charge in [-0.15, -0.1) is 0 Å². The molecule has 0 saturated heterocycles. The summed E-state index contributed by atoms with van der Waals surface area (Å²) in [6.07, 6.45) is 0. The molecule has 0 aliphatic heterocycles. The van der Waals surface area contributed by atoms with E-state index < -0.39 is 10.0 Å². The summed E-state index contributed by atoms with van der Waals surface area (Å²) in [5.41, 5.74) is 0. The van der Waals surface area contributed by atoms with Gasteiger partial charge in [-0.05, 0) is 19.1 Å². The zero-order chi connectivity index (χ0) is 13.1. The molecule has 4 nitrogen and oxygen atoms in total. The Hall–Kier alpha value is -0.330. The number of hydrogen-bond acceptors (Lipinski definition) is 3. The first-order valence-corrected chi connectivity index (χ1v) is 7.07. The second-order valence-electron chi connectivity index (χ2n) is 3.53. The average Bonchev–Trinajstić information content (AvgIpc) is 2.15. The lowest BCUT2D eigenvalue weighted by atomic mass is 10.4. The molecule has 1 aromatic carbocycles. The van der Waals surface area contributed by atoms with Crippen LogP contribution in [0.3, 0.4) is 0 Å². The molecular weight excluding hydrogens is 285 g/mol. The van der Waals surface area contributed by atoms with Gasteiger partial charge in [0.25, 0.3) is 0 Å². The van der Waals surface area contributed by atoms with Gasteiger partial charge in [-0.25, -0.2) is 13.1 Å². The SMILES string of the molecule is COC[C@H](C)NS(=O)(=O)c1c(Cl)cccc1Cl. The third kappa shape index (κ3) is 3.82. The van der Waals surface area contributed by atoms with Gasteiger partial charge in [-0.1, -0.05) is 29.3 Å². The molecule has 96 valence electrons. The molecule has 17 heavy (non-hydrogen) atoms. The summed E-state index contributed by atoms with van der Waals surface area (Å²) in [6, 6.07) is 4.17. The largest absolute Gasteiger partial charge is 0.383 e. The Labute approximate surface area is 111 Å². The lowest BCUT2D eigenvalue weighted by Gasteiger charge is -2.14. The number of methoxy groups -OCH3 is 1. The minimum atomic E-state index is -3.74. The Morgan fingerprint density at radius 2 is 1.88 bits per heavy atom. The van der Waals surface area contributed by atoms with Crippen molar-refractivity contribution < 1.29 is 13.2 Å². The van der Waals surface area contributed by atoms with E-state index in [1.165, 1.54) is 19.2 Å². The molecule has 0 aliphatic carbocycles. The number of nitrogens with one attached hydrogen (secondary N) is 1. The number of ether oxygens (including phenoxy) is 1. The second-order valence-corrected chi connectivity index (χ2v) is 5.99. The van der Waals surface area contributed by atoms with Crippen LogP contribution in [0.2, 0.25) is 10.0 Å². The van der Waals surface area contributed by atoms with E-state index in [1.54, 1.807) is 13.0 Å². The Morgan fingerprint density at radius 1 is 1.35 bits per heavy atom. The molecule has 0 amide bonds. The maximum atomic E-state index is 12.0. The van der Waals surface area contributed by atoms with Gasteiger partial charge in [-0.3, -0.25) is 0 Å². The van der Waals surface area contributed by atoms with Crippen molar-refractivity contribution in [2.75, 3.05) is 13.7 Å². The van der Waals surface area contributed by atoms with Crippen LogP contribution >= 0.6 is 23.2 Å². The van der Waals surface area contributed by atoms with Crippen molar-refractivity contribution in [2.24, 2.45) is 0 Å². The average molecular weight is 298 g/mol. The van der Waals surface area contributed by atoms with Gasteiger partial charge in [-0.2, -0.15) is 0 Å². The fourth-order valence-corrected chi connectivity index (χ4v) is 3.72. The first kappa shape index (κ1) is 14.7. The molecule has 0 saturated carbocycles. The lowest BCUT2D eigenvalue weighted by molar-refractivity contribution is 0.180. The molecule has 0 fully saturated rings. The maximum Gasteiger partial charge on any atom is 0.243 e. The van der Waals surface area contributed by atoms with E-state index in [2.05, 4.69) is 4.72 Å². The van der Waals surface area contributed by atoms with Crippen molar-refractivity contribution in [3.63, 3.8) is 0 Å². The van der Waals surface area contributed by atoms with Gasteiger partial charge in [0, 0.05) is 13.2 Å². The van der Waals surface area contributed by atoms with Crippen molar-refractivity contribution in [2.45, 2.75) is 17.9 Å². The molecule has 1 N–H and O–H groups in total. The van der Waals surface area contributed by atoms with E-state index in [-0.39, 0.29) is 27.6 Å². The van der Waals surface area contributed by atoms with Crippen LogP contribution in [0.1, 0.15) is 6.92 Å². The van der Waals surface area contributed by atoms with E-state index in [4.69, 9.17) is 27.9 Å². The van der Waals surface area contributed by atoms with E-state index >= 15 is 0 Å². The Balaban J connectivity index is 3.06. The highest BCUT2D eigenvalue weighted by atomic mass is 35.5. The van der Waals surface area contributed by atoms with Crippen molar-refractivity contribution in [3.8, 4) is 0 Å². The quantitative estimate of drug-likeness (QED) is 0.907. The predicted octanol–water partition coefficient (Wildman–Crippen LogP) is 2.31. The van der Waals surface area contributed by atoms with Crippen LogP contribution in [0.5, 0.6) is 0 Å². The van der Waals surface area contributed by atoms with E-state index in [0.717, 1.165) is 0 Å². The lowest BCUT2D eigenvalue weighted by Crippen LogP contribution is -2.35. The molecule has 1 rings (SSSR count). The van der Waals surface area contributed by atoms with Crippen LogP contribution in [-0.4, -0.2) is 28.2 Å². The van der Waals surface area contributed by atoms with Gasteiger partial charge in [0.2, 0.25) is 10.0 Å². The number of halogens is 2. The molecule has 1 aromatic rings. The monoisotopic (exact) mass is 297 g/mol. The Kier molecular flexibility index (Phi) is 5.22. The topological polar surface area (TPSA) is 55.4 Å². The van der Waals surface area contributed by atoms with Gasteiger partial charge in [0.15, 0.2) is 0 Å². The number of hydrogen-bond donors (Lipinski definition) is 1. The summed E-state index contributed by atoms with van der Waals surface area (Å²) in [7, 11) is -2.24. The van der Waals surface area contributed by atoms with Crippen molar-refractivity contribution >= 4 is 33.2 Å². The van der Waals surface area contributed by atoms with Crippen molar-refractivity contribution in [3.05, 3.63) is 28.2 Å². The first-order chi connectivity index (χ1) is 7.88. The maximum absolute atomic E-state index is 12.0. The van der Waals surface area contributed by atoms with Crippen molar-refractivity contribution in [1.29, 1.82) is 0 Å². The first-order valence-electron chi connectivity index (χ1n) is 4.83. The number of benzene rings is 1. The van der Waals surface area contributed by atoms with E-state index in [1.807, 2.05) is 0 Å². The Morgan fingerprint density at radius 3 is 2.35 bits per heavy atom. The van der Waals surface area contributed by atoms with Gasteiger partial charge >= 0.3 is 0 Å². The third-order valence-corrected chi connectivity index (χ3v) is 4.50. The fourth-order valence-electron chi connectivity index (χ4n) is 1.35. The predicted molar refractivity (Wildman–Crippen MR) is 68.1 cm³/mol. The van der Waals surface area contributed by atoms with Crippen LogP contribution in [0, 0.1) is 0 Å². The highest BCUT2D eigenvalue weighted by molar-refractivity contribution is 7.89. The third-order valence-electron chi connectivity index (χ3n) is 1.96. The zero-order valence-electron chi connectivity index (χ0n) is 9.41. The van der Waals surface area contributed by atoms with Crippen LogP contribution in [0.15, 0.2) is 23.1 Å². The van der Waals surface area contributed by atoms with E-state index in [0.29, 0.717) is 0 Å². The molecule has 0 bridgehead atoms. The normalized spacial score (nSPS) is 13.6. The summed E-state index contributed by atoms with van der Waals surface area (Å²) in [5, 5.41) is 0.184. The summed E-state index contributed by atoms with van der Waals surface area (Å²) < 4.78 is 31.3. The summed E-state index contributed by atoms with van der Waals surface area (Å²) in [6.45, 7) is 1.95. The number of sulfonamides is 1. The Bertz CT molecular complexity index is 470. The molecule has 0 aliphatic rings. The molecule has 7 heteroatoms. The van der Waals surface area contributed by atoms with Crippen LogP contribution in [0.25, 0.3) is 0 Å². The molecule has 1 atom stereocenters. The summed E-state index contributed by atoms with van der Waals surface area (Å²) >= 11 is 11.7. The molecule has 0 heterocycles. The second kappa shape index (κ2) is 6.02.